The fourth-order valence-electron chi connectivity index (χ4n) is 1.68. The SMILES string of the molecule is O=[N+]([O-])c1ccc(OCC=CCCl)c2ncccc12. The van der Waals surface area contributed by atoms with E-state index in [1.165, 1.54) is 6.07 Å². The van der Waals surface area contributed by atoms with Crippen LogP contribution in [0.15, 0.2) is 42.6 Å². The van der Waals surface area contributed by atoms with Gasteiger partial charge in [-0.1, -0.05) is 12.2 Å². The monoisotopic (exact) mass is 278 g/mol. The van der Waals surface area contributed by atoms with Gasteiger partial charge < -0.3 is 4.74 Å². The third-order valence-electron chi connectivity index (χ3n) is 2.50. The number of hydrogen-bond donors (Lipinski definition) is 0. The van der Waals surface area contributed by atoms with Crippen LogP contribution in [0.3, 0.4) is 0 Å². The number of aromatic nitrogens is 1. The topological polar surface area (TPSA) is 65.3 Å². The molecule has 0 aliphatic rings. The van der Waals surface area contributed by atoms with Crippen molar-refractivity contribution in [2.75, 3.05) is 12.5 Å². The second kappa shape index (κ2) is 6.15. The van der Waals surface area contributed by atoms with E-state index in [9.17, 15) is 10.1 Å². The molecule has 0 amide bonds. The van der Waals surface area contributed by atoms with Crippen LogP contribution >= 0.6 is 11.6 Å². The summed E-state index contributed by atoms with van der Waals surface area (Å²) in [5.74, 6) is 0.934. The Balaban J connectivity index is 2.38. The molecular formula is C13H11ClN2O3. The molecule has 1 heterocycles. The normalized spacial score (nSPS) is 11.0. The van der Waals surface area contributed by atoms with Gasteiger partial charge >= 0.3 is 0 Å². The highest BCUT2D eigenvalue weighted by molar-refractivity contribution is 6.18. The average Bonchev–Trinajstić information content (AvgIpc) is 2.43. The highest BCUT2D eigenvalue weighted by Gasteiger charge is 2.15. The second-order valence-electron chi connectivity index (χ2n) is 3.68. The molecule has 0 aliphatic heterocycles. The maximum absolute atomic E-state index is 10.9. The van der Waals surface area contributed by atoms with Crippen LogP contribution in [0.25, 0.3) is 10.9 Å². The lowest BCUT2D eigenvalue weighted by atomic mass is 10.1. The maximum atomic E-state index is 10.9. The van der Waals surface area contributed by atoms with E-state index in [0.29, 0.717) is 29.1 Å². The lowest BCUT2D eigenvalue weighted by Gasteiger charge is -2.06. The number of hydrogen-bond acceptors (Lipinski definition) is 4. The Bertz CT molecular complexity index is 628. The summed E-state index contributed by atoms with van der Waals surface area (Å²) in [5.41, 5.74) is 0.503. The van der Waals surface area contributed by atoms with E-state index in [1.807, 2.05) is 0 Å². The Labute approximate surface area is 114 Å². The Hall–Kier alpha value is -2.14. The van der Waals surface area contributed by atoms with E-state index in [4.69, 9.17) is 16.3 Å². The van der Waals surface area contributed by atoms with E-state index < -0.39 is 4.92 Å². The van der Waals surface area contributed by atoms with Gasteiger partial charge in [0.25, 0.3) is 5.69 Å². The lowest BCUT2D eigenvalue weighted by molar-refractivity contribution is -0.383. The van der Waals surface area contributed by atoms with E-state index in [-0.39, 0.29) is 5.69 Å². The second-order valence-corrected chi connectivity index (χ2v) is 3.98. The van der Waals surface area contributed by atoms with Crippen LogP contribution in [-0.2, 0) is 0 Å². The molecule has 0 unspecified atom stereocenters. The van der Waals surface area contributed by atoms with Gasteiger partial charge in [0.05, 0.1) is 10.3 Å². The molecule has 0 bridgehead atoms. The van der Waals surface area contributed by atoms with Crippen LogP contribution < -0.4 is 4.74 Å². The zero-order chi connectivity index (χ0) is 13.7. The van der Waals surface area contributed by atoms with Crippen molar-refractivity contribution in [2.45, 2.75) is 0 Å². The van der Waals surface area contributed by atoms with Crippen molar-refractivity contribution in [1.82, 2.24) is 4.98 Å². The molecule has 5 nitrogen and oxygen atoms in total. The standard InChI is InChI=1S/C13H11ClN2O3/c14-7-1-2-9-19-12-6-5-11(16(17)18)10-4-3-8-15-13(10)12/h1-6,8H,7,9H2. The van der Waals surface area contributed by atoms with Gasteiger partial charge in [-0.3, -0.25) is 15.1 Å². The number of halogens is 1. The van der Waals surface area contributed by atoms with Gasteiger partial charge in [-0.15, -0.1) is 11.6 Å². The fourth-order valence-corrected chi connectivity index (χ4v) is 1.80. The zero-order valence-corrected chi connectivity index (χ0v) is 10.7. The number of nitrogens with zero attached hydrogens (tertiary/aromatic N) is 2. The first kappa shape index (κ1) is 13.3. The van der Waals surface area contributed by atoms with Crippen molar-refractivity contribution in [3.05, 3.63) is 52.7 Å². The minimum absolute atomic E-state index is 0.0201. The molecule has 0 spiro atoms. The molecule has 19 heavy (non-hydrogen) atoms. The Morgan fingerprint density at radius 2 is 2.21 bits per heavy atom. The van der Waals surface area contributed by atoms with Crippen molar-refractivity contribution in [2.24, 2.45) is 0 Å². The van der Waals surface area contributed by atoms with Crippen molar-refractivity contribution in [3.63, 3.8) is 0 Å². The van der Waals surface area contributed by atoms with Crippen LogP contribution in [0.2, 0.25) is 0 Å². The number of nitro groups is 1. The van der Waals surface area contributed by atoms with Crippen molar-refractivity contribution < 1.29 is 9.66 Å². The summed E-state index contributed by atoms with van der Waals surface area (Å²) in [6.07, 6.45) is 5.12. The van der Waals surface area contributed by atoms with Crippen LogP contribution in [0.1, 0.15) is 0 Å². The van der Waals surface area contributed by atoms with Gasteiger partial charge in [0, 0.05) is 18.1 Å². The van der Waals surface area contributed by atoms with Gasteiger partial charge in [-0.25, -0.2) is 0 Å². The molecule has 2 aromatic rings. The van der Waals surface area contributed by atoms with Gasteiger partial charge in [0.2, 0.25) is 0 Å². The number of pyridine rings is 1. The van der Waals surface area contributed by atoms with Crippen LogP contribution in [0, 0.1) is 10.1 Å². The molecule has 0 saturated heterocycles. The van der Waals surface area contributed by atoms with E-state index in [0.717, 1.165) is 0 Å². The lowest BCUT2D eigenvalue weighted by Crippen LogP contribution is -1.97. The third-order valence-corrected chi connectivity index (χ3v) is 2.68. The van der Waals surface area contributed by atoms with E-state index in [2.05, 4.69) is 4.98 Å². The molecule has 2 rings (SSSR count). The average molecular weight is 279 g/mol. The molecular weight excluding hydrogens is 268 g/mol. The quantitative estimate of drug-likeness (QED) is 0.364. The summed E-state index contributed by atoms with van der Waals surface area (Å²) in [5, 5.41) is 11.4. The first-order valence-corrected chi connectivity index (χ1v) is 6.13. The molecule has 0 radical (unpaired) electrons. The largest absolute Gasteiger partial charge is 0.487 e. The highest BCUT2D eigenvalue weighted by Crippen LogP contribution is 2.31. The third kappa shape index (κ3) is 3.00. The predicted molar refractivity (Wildman–Crippen MR) is 73.8 cm³/mol. The molecule has 0 atom stereocenters. The van der Waals surface area contributed by atoms with Crippen molar-refractivity contribution in [1.29, 1.82) is 0 Å². The molecule has 98 valence electrons. The summed E-state index contributed by atoms with van der Waals surface area (Å²) < 4.78 is 5.53. The Morgan fingerprint density at radius 3 is 2.95 bits per heavy atom. The smallest absolute Gasteiger partial charge is 0.279 e. The predicted octanol–water partition coefficient (Wildman–Crippen LogP) is 3.32. The number of benzene rings is 1. The van der Waals surface area contributed by atoms with E-state index >= 15 is 0 Å². The molecule has 1 aromatic carbocycles. The summed E-state index contributed by atoms with van der Waals surface area (Å²) in [6, 6.07) is 6.29. The molecule has 0 fully saturated rings. The number of allylic oxidation sites excluding steroid dienone is 1. The highest BCUT2D eigenvalue weighted by atomic mass is 35.5. The number of alkyl halides is 1. The van der Waals surface area contributed by atoms with Crippen LogP contribution in [0.4, 0.5) is 5.69 Å². The maximum Gasteiger partial charge on any atom is 0.279 e. The number of ether oxygens (including phenoxy) is 1. The van der Waals surface area contributed by atoms with Gasteiger partial charge in [0.15, 0.2) is 0 Å². The van der Waals surface area contributed by atoms with E-state index in [1.54, 1.807) is 36.5 Å². The zero-order valence-electron chi connectivity index (χ0n) is 9.95. The summed E-state index contributed by atoms with van der Waals surface area (Å²) in [4.78, 5) is 14.7. The van der Waals surface area contributed by atoms with Gasteiger partial charge in [0.1, 0.15) is 17.9 Å². The molecule has 0 N–H and O–H groups in total. The summed E-state index contributed by atoms with van der Waals surface area (Å²) in [7, 11) is 0. The van der Waals surface area contributed by atoms with Gasteiger partial charge in [-0.2, -0.15) is 0 Å². The number of rotatable bonds is 5. The summed E-state index contributed by atoms with van der Waals surface area (Å²) in [6.45, 7) is 0.343. The minimum Gasteiger partial charge on any atom is -0.487 e. The molecule has 1 aromatic heterocycles. The first-order chi connectivity index (χ1) is 9.24. The molecule has 6 heteroatoms. The first-order valence-electron chi connectivity index (χ1n) is 5.60. The molecule has 0 aliphatic carbocycles. The van der Waals surface area contributed by atoms with Crippen LogP contribution in [-0.4, -0.2) is 22.4 Å². The Morgan fingerprint density at radius 1 is 1.37 bits per heavy atom. The van der Waals surface area contributed by atoms with Crippen molar-refractivity contribution in [3.8, 4) is 5.75 Å². The number of non-ortho nitro benzene ring substituents is 1. The van der Waals surface area contributed by atoms with Crippen LogP contribution in [0.5, 0.6) is 5.75 Å². The minimum atomic E-state index is -0.429. The molecule has 0 saturated carbocycles. The Kier molecular flexibility index (Phi) is 4.30. The number of fused-ring (bicyclic) bond motifs is 1. The summed E-state index contributed by atoms with van der Waals surface area (Å²) >= 11 is 5.50. The number of nitro benzene ring substituents is 1. The van der Waals surface area contributed by atoms with Crippen molar-refractivity contribution >= 4 is 28.2 Å². The van der Waals surface area contributed by atoms with Gasteiger partial charge in [-0.05, 0) is 18.2 Å². The fraction of sp³-hybridized carbons (Fsp3) is 0.154.